The Hall–Kier alpha value is -3.03. The maximum Gasteiger partial charge on any atom is 0.410 e. The minimum Gasteiger partial charge on any atom is -0.465 e. The lowest BCUT2D eigenvalue weighted by molar-refractivity contribution is 0.0240. The number of amides is 1. The second kappa shape index (κ2) is 7.92. The number of aromatic nitrogens is 1. The zero-order chi connectivity index (χ0) is 20.3. The van der Waals surface area contributed by atoms with Crippen LogP contribution in [0.25, 0.3) is 11.3 Å². The Kier molecular flexibility index (Phi) is 5.58. The standard InChI is InChI=1S/C20H25N3O5/c1-20(2,3)28-19(25)23-11-9-22(10-12-23)15-7-5-14(6-8-15)17-16(13-27-21-17)18(24)26-4/h5-8,13H,9-12H2,1-4H3. The van der Waals surface area contributed by atoms with Gasteiger partial charge in [0.05, 0.1) is 7.11 Å². The van der Waals surface area contributed by atoms with E-state index in [-0.39, 0.29) is 6.09 Å². The molecule has 150 valence electrons. The average molecular weight is 387 g/mol. The van der Waals surface area contributed by atoms with Crippen molar-refractivity contribution in [2.24, 2.45) is 0 Å². The first kappa shape index (κ1) is 19.7. The Bertz CT molecular complexity index is 830. The number of nitrogens with zero attached hydrogens (tertiary/aromatic N) is 3. The summed E-state index contributed by atoms with van der Waals surface area (Å²) in [7, 11) is 1.32. The summed E-state index contributed by atoms with van der Waals surface area (Å²) in [6, 6.07) is 7.71. The molecule has 0 saturated carbocycles. The third kappa shape index (κ3) is 4.44. The molecular formula is C20H25N3O5. The number of esters is 1. The summed E-state index contributed by atoms with van der Waals surface area (Å²) < 4.78 is 15.1. The van der Waals surface area contributed by atoms with E-state index in [9.17, 15) is 9.59 Å². The van der Waals surface area contributed by atoms with Gasteiger partial charge in [-0.05, 0) is 32.9 Å². The molecule has 0 unspecified atom stereocenters. The van der Waals surface area contributed by atoms with Crippen molar-refractivity contribution in [3.05, 3.63) is 36.1 Å². The van der Waals surface area contributed by atoms with Gasteiger partial charge in [-0.1, -0.05) is 17.3 Å². The molecule has 1 aromatic heterocycles. The van der Waals surface area contributed by atoms with Crippen molar-refractivity contribution in [1.29, 1.82) is 0 Å². The van der Waals surface area contributed by atoms with Gasteiger partial charge in [-0.3, -0.25) is 0 Å². The highest BCUT2D eigenvalue weighted by molar-refractivity contribution is 5.95. The van der Waals surface area contributed by atoms with Crippen molar-refractivity contribution in [3.63, 3.8) is 0 Å². The van der Waals surface area contributed by atoms with Gasteiger partial charge in [0.1, 0.15) is 23.1 Å². The van der Waals surface area contributed by atoms with E-state index in [1.54, 1.807) is 4.90 Å². The van der Waals surface area contributed by atoms with Gasteiger partial charge < -0.3 is 23.8 Å². The SMILES string of the molecule is COC(=O)c1conc1-c1ccc(N2CCN(C(=O)OC(C)(C)C)CC2)cc1. The molecule has 3 rings (SSSR count). The number of carbonyl (C=O) groups is 2. The van der Waals surface area contributed by atoms with Gasteiger partial charge in [-0.25, -0.2) is 9.59 Å². The molecule has 0 atom stereocenters. The van der Waals surface area contributed by atoms with Crippen molar-refractivity contribution < 1.29 is 23.6 Å². The first-order valence-corrected chi connectivity index (χ1v) is 9.14. The number of carbonyl (C=O) groups excluding carboxylic acids is 2. The number of piperazine rings is 1. The molecule has 0 N–H and O–H groups in total. The largest absolute Gasteiger partial charge is 0.465 e. The fourth-order valence-electron chi connectivity index (χ4n) is 3.00. The maximum absolute atomic E-state index is 12.2. The fraction of sp³-hybridized carbons (Fsp3) is 0.450. The molecule has 1 aromatic carbocycles. The number of ether oxygens (including phenoxy) is 2. The van der Waals surface area contributed by atoms with E-state index in [4.69, 9.17) is 14.0 Å². The number of anilines is 1. The van der Waals surface area contributed by atoms with E-state index in [1.807, 2.05) is 45.0 Å². The molecule has 1 aliphatic heterocycles. The number of benzene rings is 1. The summed E-state index contributed by atoms with van der Waals surface area (Å²) in [4.78, 5) is 27.9. The van der Waals surface area contributed by atoms with Gasteiger partial charge in [0.25, 0.3) is 0 Å². The number of rotatable bonds is 3. The van der Waals surface area contributed by atoms with Crippen LogP contribution in [0, 0.1) is 0 Å². The highest BCUT2D eigenvalue weighted by Gasteiger charge is 2.26. The molecule has 1 fully saturated rings. The minimum atomic E-state index is -0.492. The van der Waals surface area contributed by atoms with Crippen molar-refractivity contribution in [3.8, 4) is 11.3 Å². The summed E-state index contributed by atoms with van der Waals surface area (Å²) in [6.07, 6.45) is 1.01. The van der Waals surface area contributed by atoms with Crippen molar-refractivity contribution >= 4 is 17.7 Å². The third-order valence-corrected chi connectivity index (χ3v) is 4.41. The second-order valence-corrected chi connectivity index (χ2v) is 7.57. The predicted molar refractivity (Wildman–Crippen MR) is 103 cm³/mol. The van der Waals surface area contributed by atoms with Gasteiger partial charge >= 0.3 is 12.1 Å². The molecule has 2 aromatic rings. The summed E-state index contributed by atoms with van der Waals surface area (Å²) in [5.74, 6) is -0.487. The third-order valence-electron chi connectivity index (χ3n) is 4.41. The average Bonchev–Trinajstić information content (AvgIpc) is 3.16. The van der Waals surface area contributed by atoms with Gasteiger partial charge in [-0.15, -0.1) is 0 Å². The smallest absolute Gasteiger partial charge is 0.410 e. The highest BCUT2D eigenvalue weighted by Crippen LogP contribution is 2.26. The van der Waals surface area contributed by atoms with Crippen LogP contribution in [0.5, 0.6) is 0 Å². The van der Waals surface area contributed by atoms with Gasteiger partial charge in [0.2, 0.25) is 0 Å². The molecule has 0 aliphatic carbocycles. The quantitative estimate of drug-likeness (QED) is 0.748. The molecule has 0 radical (unpaired) electrons. The van der Waals surface area contributed by atoms with E-state index in [0.717, 1.165) is 24.3 Å². The molecule has 1 saturated heterocycles. The normalized spacial score (nSPS) is 14.7. The number of methoxy groups -OCH3 is 1. The lowest BCUT2D eigenvalue weighted by Gasteiger charge is -2.36. The lowest BCUT2D eigenvalue weighted by Crippen LogP contribution is -2.50. The Balaban J connectivity index is 1.63. The van der Waals surface area contributed by atoms with Crippen LogP contribution in [0.3, 0.4) is 0 Å². The van der Waals surface area contributed by atoms with Crippen LogP contribution in [0.1, 0.15) is 31.1 Å². The van der Waals surface area contributed by atoms with Gasteiger partial charge in [0, 0.05) is 37.4 Å². The van der Waals surface area contributed by atoms with Crippen LogP contribution < -0.4 is 4.90 Å². The molecule has 2 heterocycles. The molecular weight excluding hydrogens is 362 g/mol. The second-order valence-electron chi connectivity index (χ2n) is 7.57. The number of hydrogen-bond acceptors (Lipinski definition) is 7. The van der Waals surface area contributed by atoms with Crippen LogP contribution in [-0.4, -0.2) is 61.0 Å². The van der Waals surface area contributed by atoms with E-state index >= 15 is 0 Å². The molecule has 0 spiro atoms. The zero-order valence-corrected chi connectivity index (χ0v) is 16.6. The maximum atomic E-state index is 12.2. The first-order chi connectivity index (χ1) is 13.3. The molecule has 28 heavy (non-hydrogen) atoms. The minimum absolute atomic E-state index is 0.274. The summed E-state index contributed by atoms with van der Waals surface area (Å²) in [5, 5.41) is 3.91. The summed E-state index contributed by atoms with van der Waals surface area (Å²) >= 11 is 0. The summed E-state index contributed by atoms with van der Waals surface area (Å²) in [5.41, 5.74) is 2.06. The van der Waals surface area contributed by atoms with E-state index < -0.39 is 11.6 Å². The van der Waals surface area contributed by atoms with Gasteiger partial charge in [0.15, 0.2) is 0 Å². The van der Waals surface area contributed by atoms with E-state index in [1.165, 1.54) is 13.4 Å². The van der Waals surface area contributed by atoms with Crippen LogP contribution in [0.4, 0.5) is 10.5 Å². The molecule has 0 bridgehead atoms. The first-order valence-electron chi connectivity index (χ1n) is 9.14. The molecule has 1 aliphatic rings. The monoisotopic (exact) mass is 387 g/mol. The van der Waals surface area contributed by atoms with Crippen LogP contribution in [0.2, 0.25) is 0 Å². The van der Waals surface area contributed by atoms with E-state index in [0.29, 0.717) is 24.3 Å². The molecule has 1 amide bonds. The Morgan fingerprint density at radius 1 is 1.07 bits per heavy atom. The Morgan fingerprint density at radius 2 is 1.71 bits per heavy atom. The molecule has 8 nitrogen and oxygen atoms in total. The van der Waals surface area contributed by atoms with Crippen molar-refractivity contribution in [2.45, 2.75) is 26.4 Å². The Labute approximate surface area is 164 Å². The predicted octanol–water partition coefficient (Wildman–Crippen LogP) is 3.19. The lowest BCUT2D eigenvalue weighted by atomic mass is 10.1. The molecule has 8 heteroatoms. The van der Waals surface area contributed by atoms with Crippen molar-refractivity contribution in [1.82, 2.24) is 10.1 Å². The number of hydrogen-bond donors (Lipinski definition) is 0. The van der Waals surface area contributed by atoms with E-state index in [2.05, 4.69) is 10.1 Å². The fourth-order valence-corrected chi connectivity index (χ4v) is 3.00. The van der Waals surface area contributed by atoms with Crippen LogP contribution in [0.15, 0.2) is 35.1 Å². The topological polar surface area (TPSA) is 85.1 Å². The van der Waals surface area contributed by atoms with Gasteiger partial charge in [-0.2, -0.15) is 0 Å². The summed E-state index contributed by atoms with van der Waals surface area (Å²) in [6.45, 7) is 8.24. The van der Waals surface area contributed by atoms with Crippen molar-refractivity contribution in [2.75, 3.05) is 38.2 Å². The zero-order valence-electron chi connectivity index (χ0n) is 16.6. The Morgan fingerprint density at radius 3 is 2.29 bits per heavy atom. The van der Waals surface area contributed by atoms with Crippen LogP contribution >= 0.6 is 0 Å². The van der Waals surface area contributed by atoms with Crippen LogP contribution in [-0.2, 0) is 9.47 Å². The highest BCUT2D eigenvalue weighted by atomic mass is 16.6.